The minimum absolute atomic E-state index is 0.00566. The molecule has 0 spiro atoms. The van der Waals surface area contributed by atoms with Gasteiger partial charge in [-0.2, -0.15) is 0 Å². The first-order valence-electron chi connectivity index (χ1n) is 10.7. The molecule has 9 heteroatoms. The minimum atomic E-state index is -0.899. The maximum Gasteiger partial charge on any atom is 0.305 e. The molecule has 1 aromatic heterocycles. The van der Waals surface area contributed by atoms with Crippen molar-refractivity contribution in [3.63, 3.8) is 0 Å². The van der Waals surface area contributed by atoms with Gasteiger partial charge < -0.3 is 19.2 Å². The Hall–Kier alpha value is -4.27. The number of rotatable bonds is 9. The number of carbonyl (C=O) groups is 3. The summed E-state index contributed by atoms with van der Waals surface area (Å²) in [5.41, 5.74) is 4.95. The Morgan fingerprint density at radius 1 is 0.882 bits per heavy atom. The molecule has 178 valence electrons. The highest BCUT2D eigenvalue weighted by Crippen LogP contribution is 2.18. The summed E-state index contributed by atoms with van der Waals surface area (Å²) >= 11 is 0. The maximum absolute atomic E-state index is 12.7. The zero-order chi connectivity index (χ0) is 24.5. The summed E-state index contributed by atoms with van der Waals surface area (Å²) in [6.45, 7) is 3.70. The fourth-order valence-corrected chi connectivity index (χ4v) is 3.09. The lowest BCUT2D eigenvalue weighted by molar-refractivity contribution is -0.124. The zero-order valence-electron chi connectivity index (χ0n) is 19.2. The lowest BCUT2D eigenvalue weighted by atomic mass is 10.0. The molecule has 3 N–H and O–H groups in total. The second kappa shape index (κ2) is 11.6. The molecule has 3 aromatic rings. The fourth-order valence-electron chi connectivity index (χ4n) is 3.09. The van der Waals surface area contributed by atoms with Gasteiger partial charge in [0, 0.05) is 0 Å². The third kappa shape index (κ3) is 6.38. The molecule has 0 aliphatic heterocycles. The molecule has 0 radical (unpaired) electrons. The number of benzene rings is 2. The van der Waals surface area contributed by atoms with E-state index in [0.29, 0.717) is 22.8 Å². The minimum Gasteiger partial charge on any atom is -0.496 e. The maximum atomic E-state index is 12.7. The van der Waals surface area contributed by atoms with Gasteiger partial charge in [-0.1, -0.05) is 44.2 Å². The first-order valence-corrected chi connectivity index (χ1v) is 10.7. The van der Waals surface area contributed by atoms with E-state index in [1.165, 1.54) is 13.2 Å². The lowest BCUT2D eigenvalue weighted by Crippen LogP contribution is -2.54. The predicted octanol–water partition coefficient (Wildman–Crippen LogP) is 3.08. The van der Waals surface area contributed by atoms with Crippen LogP contribution in [0.15, 0.2) is 71.1 Å². The number of hydrogen-bond acceptors (Lipinski definition) is 6. The third-order valence-corrected chi connectivity index (χ3v) is 4.90. The Kier molecular flexibility index (Phi) is 8.28. The zero-order valence-corrected chi connectivity index (χ0v) is 19.2. The van der Waals surface area contributed by atoms with Crippen molar-refractivity contribution < 1.29 is 28.3 Å². The number of methoxy groups -OCH3 is 1. The Morgan fingerprint density at radius 2 is 1.59 bits per heavy atom. The number of hydrogen-bond donors (Lipinski definition) is 3. The summed E-state index contributed by atoms with van der Waals surface area (Å²) in [7, 11) is 1.46. The van der Waals surface area contributed by atoms with Crippen LogP contribution in [0.5, 0.6) is 11.5 Å². The van der Waals surface area contributed by atoms with Gasteiger partial charge in [-0.15, -0.1) is 0 Å². The molecule has 0 saturated carbocycles. The van der Waals surface area contributed by atoms with Crippen LogP contribution in [0.3, 0.4) is 0 Å². The summed E-state index contributed by atoms with van der Waals surface area (Å²) in [4.78, 5) is 37.8. The van der Waals surface area contributed by atoms with E-state index in [0.717, 1.165) is 0 Å². The van der Waals surface area contributed by atoms with Crippen molar-refractivity contribution in [3.8, 4) is 11.5 Å². The van der Waals surface area contributed by atoms with Crippen molar-refractivity contribution in [2.45, 2.75) is 26.5 Å². The van der Waals surface area contributed by atoms with Crippen LogP contribution in [0.1, 0.15) is 40.5 Å². The molecule has 0 fully saturated rings. The number of nitrogens with one attached hydrogen (secondary N) is 3. The molecule has 0 saturated heterocycles. The molecule has 9 nitrogen and oxygen atoms in total. The largest absolute Gasteiger partial charge is 0.496 e. The van der Waals surface area contributed by atoms with Crippen LogP contribution in [-0.4, -0.2) is 30.9 Å². The molecular formula is C25H27N3O6. The Morgan fingerprint density at radius 3 is 2.29 bits per heavy atom. The molecule has 3 rings (SSSR count). The molecule has 0 aliphatic carbocycles. The Balaban J connectivity index is 1.55. The number of furan rings is 1. The first kappa shape index (κ1) is 24.4. The summed E-state index contributed by atoms with van der Waals surface area (Å²) in [5.74, 6) is -0.417. The number of ether oxygens (including phenoxy) is 2. The van der Waals surface area contributed by atoms with Crippen LogP contribution in [0.25, 0.3) is 0 Å². The predicted molar refractivity (Wildman–Crippen MR) is 124 cm³/mol. The van der Waals surface area contributed by atoms with Gasteiger partial charge >= 0.3 is 5.91 Å². The van der Waals surface area contributed by atoms with E-state index in [4.69, 9.17) is 13.9 Å². The van der Waals surface area contributed by atoms with Crippen molar-refractivity contribution in [1.82, 2.24) is 16.2 Å². The van der Waals surface area contributed by atoms with E-state index in [9.17, 15) is 14.4 Å². The molecule has 34 heavy (non-hydrogen) atoms. The molecule has 0 aliphatic rings. The molecule has 0 unspecified atom stereocenters. The van der Waals surface area contributed by atoms with E-state index in [-0.39, 0.29) is 18.3 Å². The lowest BCUT2D eigenvalue weighted by Gasteiger charge is -2.22. The highest BCUT2D eigenvalue weighted by Gasteiger charge is 2.26. The van der Waals surface area contributed by atoms with Gasteiger partial charge in [-0.3, -0.25) is 25.2 Å². The van der Waals surface area contributed by atoms with E-state index >= 15 is 0 Å². The van der Waals surface area contributed by atoms with Crippen molar-refractivity contribution >= 4 is 17.7 Å². The average Bonchev–Trinajstić information content (AvgIpc) is 3.34. The normalized spacial score (nSPS) is 11.4. The van der Waals surface area contributed by atoms with Crippen molar-refractivity contribution in [1.29, 1.82) is 0 Å². The standard InChI is InChI=1S/C25H27N3O6/c1-16(2)22(26-23(29)19-11-7-8-12-20(19)32-3)25(31)28-27-24(30)21-14-13-18(34-21)15-33-17-9-5-4-6-10-17/h4-14,16,22H,15H2,1-3H3,(H,26,29)(H,27,30)(H,28,31)/t22-/m0/s1. The summed E-state index contributed by atoms with van der Waals surface area (Å²) in [5, 5.41) is 2.68. The highest BCUT2D eigenvalue weighted by molar-refractivity contribution is 6.00. The Bertz CT molecular complexity index is 1130. The quantitative estimate of drug-likeness (QED) is 0.418. The first-order chi connectivity index (χ1) is 16.4. The molecule has 0 bridgehead atoms. The molecule has 1 atom stereocenters. The van der Waals surface area contributed by atoms with Gasteiger partial charge in [-0.05, 0) is 42.3 Å². The second-order valence-electron chi connectivity index (χ2n) is 7.71. The van der Waals surface area contributed by atoms with Crippen LogP contribution >= 0.6 is 0 Å². The van der Waals surface area contributed by atoms with Gasteiger partial charge in [0.05, 0.1) is 12.7 Å². The van der Waals surface area contributed by atoms with Crippen LogP contribution < -0.4 is 25.6 Å². The smallest absolute Gasteiger partial charge is 0.305 e. The monoisotopic (exact) mass is 465 g/mol. The van der Waals surface area contributed by atoms with Gasteiger partial charge in [0.25, 0.3) is 11.8 Å². The van der Waals surface area contributed by atoms with Crippen molar-refractivity contribution in [2.24, 2.45) is 5.92 Å². The van der Waals surface area contributed by atoms with Gasteiger partial charge in [0.15, 0.2) is 5.76 Å². The van der Waals surface area contributed by atoms with Crippen LogP contribution in [0, 0.1) is 5.92 Å². The van der Waals surface area contributed by atoms with Crippen molar-refractivity contribution in [2.75, 3.05) is 7.11 Å². The van der Waals surface area contributed by atoms with Gasteiger partial charge in [-0.25, -0.2) is 0 Å². The van der Waals surface area contributed by atoms with E-state index in [2.05, 4.69) is 16.2 Å². The third-order valence-electron chi connectivity index (χ3n) is 4.90. The van der Waals surface area contributed by atoms with E-state index < -0.39 is 23.8 Å². The van der Waals surface area contributed by atoms with Gasteiger partial charge in [0.2, 0.25) is 0 Å². The SMILES string of the molecule is COc1ccccc1C(=O)N[C@H](C(=O)NNC(=O)c1ccc(COc2ccccc2)o1)C(C)C. The molecule has 2 aromatic carbocycles. The number of hydrazine groups is 1. The van der Waals surface area contributed by atoms with Crippen molar-refractivity contribution in [3.05, 3.63) is 83.8 Å². The fraction of sp³-hybridized carbons (Fsp3) is 0.240. The summed E-state index contributed by atoms with van der Waals surface area (Å²) < 4.78 is 16.3. The van der Waals surface area contributed by atoms with Crippen LogP contribution in [0.4, 0.5) is 0 Å². The van der Waals surface area contributed by atoms with Crippen LogP contribution in [0.2, 0.25) is 0 Å². The number of amides is 3. The molecular weight excluding hydrogens is 438 g/mol. The van der Waals surface area contributed by atoms with E-state index in [1.54, 1.807) is 44.2 Å². The number of carbonyl (C=O) groups excluding carboxylic acids is 3. The summed E-state index contributed by atoms with van der Waals surface area (Å²) in [6, 6.07) is 18.1. The topological polar surface area (TPSA) is 119 Å². The average molecular weight is 466 g/mol. The Labute approximate surface area is 197 Å². The highest BCUT2D eigenvalue weighted by atomic mass is 16.5. The molecule has 3 amide bonds. The number of para-hydroxylation sites is 2. The second-order valence-corrected chi connectivity index (χ2v) is 7.71. The summed E-state index contributed by atoms with van der Waals surface area (Å²) in [6.07, 6.45) is 0. The van der Waals surface area contributed by atoms with E-state index in [1.807, 2.05) is 30.3 Å². The van der Waals surface area contributed by atoms with Crippen LogP contribution in [-0.2, 0) is 11.4 Å². The van der Waals surface area contributed by atoms with Gasteiger partial charge in [0.1, 0.15) is 29.9 Å². The molecule has 1 heterocycles.